The van der Waals surface area contributed by atoms with Crippen LogP contribution in [0.15, 0.2) is 79.1 Å². The first-order valence-electron chi connectivity index (χ1n) is 15.9. The van der Waals surface area contributed by atoms with Gasteiger partial charge in [-0.3, -0.25) is 20.1 Å². The van der Waals surface area contributed by atoms with Crippen LogP contribution in [0.5, 0.6) is 0 Å². The van der Waals surface area contributed by atoms with E-state index in [0.717, 1.165) is 64.1 Å². The molecule has 0 radical (unpaired) electrons. The number of anilines is 2. The summed E-state index contributed by atoms with van der Waals surface area (Å²) in [7, 11) is 0. The summed E-state index contributed by atoms with van der Waals surface area (Å²) >= 11 is 0. The van der Waals surface area contributed by atoms with Gasteiger partial charge in [-0.2, -0.15) is 5.10 Å². The molecule has 4 heterocycles. The molecule has 3 aromatic heterocycles. The summed E-state index contributed by atoms with van der Waals surface area (Å²) in [4.78, 5) is 37.6. The van der Waals surface area contributed by atoms with Crippen LogP contribution in [0, 0.1) is 19.8 Å². The summed E-state index contributed by atoms with van der Waals surface area (Å²) in [6.45, 7) is 11.6. The minimum Gasteiger partial charge on any atom is -0.339 e. The molecule has 46 heavy (non-hydrogen) atoms. The van der Waals surface area contributed by atoms with Gasteiger partial charge in [0, 0.05) is 48.0 Å². The van der Waals surface area contributed by atoms with Crippen molar-refractivity contribution >= 4 is 34.3 Å². The molecule has 0 unspecified atom stereocenters. The second kappa shape index (κ2) is 12.7. The number of nitrogens with one attached hydrogen (secondary N) is 2. The van der Waals surface area contributed by atoms with Gasteiger partial charge >= 0.3 is 6.03 Å². The maximum Gasteiger partial charge on any atom is 0.324 e. The van der Waals surface area contributed by atoms with Gasteiger partial charge in [0.15, 0.2) is 0 Å². The van der Waals surface area contributed by atoms with Gasteiger partial charge in [-0.1, -0.05) is 56.7 Å². The Labute approximate surface area is 270 Å². The van der Waals surface area contributed by atoms with Crippen molar-refractivity contribution in [2.45, 2.75) is 59.3 Å². The highest BCUT2D eigenvalue weighted by atomic mass is 16.2. The predicted octanol–water partition coefficient (Wildman–Crippen LogP) is 7.47. The molecule has 0 spiro atoms. The summed E-state index contributed by atoms with van der Waals surface area (Å²) < 4.78 is 1.78. The Hall–Kier alpha value is -5.05. The van der Waals surface area contributed by atoms with Gasteiger partial charge in [0.2, 0.25) is 0 Å². The van der Waals surface area contributed by atoms with Crippen LogP contribution in [0.3, 0.4) is 0 Å². The largest absolute Gasteiger partial charge is 0.339 e. The Bertz CT molecular complexity index is 1880. The van der Waals surface area contributed by atoms with E-state index >= 15 is 0 Å². The van der Waals surface area contributed by atoms with E-state index in [9.17, 15) is 9.59 Å². The SMILES string of the molecule is Cc1ccc(-n2nc(C(C)(C)C)cc2NC(=O)Nc2ccccc2CC2CCN(C(=O)c3cc4cnccc4nc3C)CC2)cc1. The van der Waals surface area contributed by atoms with Crippen LogP contribution in [0.2, 0.25) is 0 Å². The second-order valence-electron chi connectivity index (χ2n) is 13.3. The van der Waals surface area contributed by atoms with Gasteiger partial charge in [0.05, 0.1) is 28.2 Å². The highest BCUT2D eigenvalue weighted by Crippen LogP contribution is 2.29. The third-order valence-corrected chi connectivity index (χ3v) is 8.71. The fourth-order valence-electron chi connectivity index (χ4n) is 5.96. The Kier molecular flexibility index (Phi) is 8.58. The van der Waals surface area contributed by atoms with Crippen molar-refractivity contribution in [1.82, 2.24) is 24.6 Å². The first-order valence-corrected chi connectivity index (χ1v) is 15.9. The number of hydrogen-bond donors (Lipinski definition) is 2. The summed E-state index contributed by atoms with van der Waals surface area (Å²) in [5.41, 5.74) is 6.81. The molecular formula is C37H41N7O2. The molecule has 0 bridgehead atoms. The van der Waals surface area contributed by atoms with E-state index in [1.807, 2.05) is 79.4 Å². The minimum atomic E-state index is -0.323. The molecule has 1 saturated heterocycles. The number of pyridine rings is 2. The molecule has 0 atom stereocenters. The first kappa shape index (κ1) is 31.0. The molecule has 2 aromatic carbocycles. The number of piperidine rings is 1. The summed E-state index contributed by atoms with van der Waals surface area (Å²) in [5, 5.41) is 11.8. The molecule has 9 heteroatoms. The van der Waals surface area contributed by atoms with Crippen molar-refractivity contribution < 1.29 is 9.59 Å². The molecular weight excluding hydrogens is 574 g/mol. The van der Waals surface area contributed by atoms with E-state index < -0.39 is 0 Å². The summed E-state index contributed by atoms with van der Waals surface area (Å²) in [5.74, 6) is 1.02. The number of amides is 3. The molecule has 1 fully saturated rings. The zero-order valence-electron chi connectivity index (χ0n) is 27.2. The summed E-state index contributed by atoms with van der Waals surface area (Å²) in [6.07, 6.45) is 6.05. The van der Waals surface area contributed by atoms with Crippen LogP contribution in [0.4, 0.5) is 16.3 Å². The molecule has 236 valence electrons. The monoisotopic (exact) mass is 615 g/mol. The van der Waals surface area contributed by atoms with Crippen molar-refractivity contribution in [3.05, 3.63) is 107 Å². The van der Waals surface area contributed by atoms with Crippen LogP contribution in [0.25, 0.3) is 16.6 Å². The minimum absolute atomic E-state index is 0.0208. The van der Waals surface area contributed by atoms with E-state index in [1.165, 1.54) is 0 Å². The van der Waals surface area contributed by atoms with Crippen LogP contribution < -0.4 is 10.6 Å². The van der Waals surface area contributed by atoms with Crippen LogP contribution >= 0.6 is 0 Å². The quantitative estimate of drug-likeness (QED) is 0.206. The van der Waals surface area contributed by atoms with Crippen molar-refractivity contribution in [2.24, 2.45) is 5.92 Å². The number of likely N-dealkylation sites (tertiary alicyclic amines) is 1. The lowest BCUT2D eigenvalue weighted by Crippen LogP contribution is -2.39. The molecule has 0 saturated carbocycles. The van der Waals surface area contributed by atoms with Crippen molar-refractivity contribution in [3.8, 4) is 5.69 Å². The number of carbonyl (C=O) groups is 2. The lowest BCUT2D eigenvalue weighted by atomic mass is 9.89. The number of fused-ring (bicyclic) bond motifs is 1. The first-order chi connectivity index (χ1) is 22.0. The smallest absolute Gasteiger partial charge is 0.324 e. The van der Waals surface area contributed by atoms with Crippen molar-refractivity contribution in [2.75, 3.05) is 23.7 Å². The van der Waals surface area contributed by atoms with Gasteiger partial charge < -0.3 is 10.2 Å². The molecule has 5 aromatic rings. The molecule has 2 N–H and O–H groups in total. The molecule has 1 aliphatic rings. The predicted molar refractivity (Wildman–Crippen MR) is 183 cm³/mol. The van der Waals surface area contributed by atoms with E-state index in [4.69, 9.17) is 5.10 Å². The average Bonchev–Trinajstić information content (AvgIpc) is 3.46. The molecule has 9 nitrogen and oxygen atoms in total. The van der Waals surface area contributed by atoms with E-state index in [2.05, 4.69) is 47.4 Å². The second-order valence-corrected chi connectivity index (χ2v) is 13.3. The third kappa shape index (κ3) is 6.78. The van der Waals surface area contributed by atoms with Gasteiger partial charge in [-0.05, 0) is 74.9 Å². The van der Waals surface area contributed by atoms with E-state index in [-0.39, 0.29) is 17.4 Å². The van der Waals surface area contributed by atoms with Gasteiger partial charge in [0.1, 0.15) is 5.82 Å². The normalized spacial score (nSPS) is 14.0. The lowest BCUT2D eigenvalue weighted by Gasteiger charge is -2.32. The molecule has 0 aliphatic carbocycles. The Morgan fingerprint density at radius 3 is 2.41 bits per heavy atom. The fraction of sp³-hybridized carbons (Fsp3) is 0.324. The number of urea groups is 1. The van der Waals surface area contributed by atoms with Gasteiger partial charge in [-0.25, -0.2) is 9.48 Å². The zero-order chi connectivity index (χ0) is 32.4. The van der Waals surface area contributed by atoms with Crippen molar-refractivity contribution in [1.29, 1.82) is 0 Å². The van der Waals surface area contributed by atoms with E-state index in [1.54, 1.807) is 17.1 Å². The highest BCUT2D eigenvalue weighted by Gasteiger charge is 2.26. The molecule has 6 rings (SSSR count). The average molecular weight is 616 g/mol. The maximum atomic E-state index is 13.4. The fourth-order valence-corrected chi connectivity index (χ4v) is 5.96. The van der Waals surface area contributed by atoms with Gasteiger partial charge in [-0.15, -0.1) is 0 Å². The summed E-state index contributed by atoms with van der Waals surface area (Å²) in [6, 6.07) is 21.4. The van der Waals surface area contributed by atoms with Crippen LogP contribution in [0.1, 0.15) is 66.5 Å². The highest BCUT2D eigenvalue weighted by molar-refractivity contribution is 6.00. The lowest BCUT2D eigenvalue weighted by molar-refractivity contribution is 0.0689. The Morgan fingerprint density at radius 2 is 1.67 bits per heavy atom. The van der Waals surface area contributed by atoms with Crippen LogP contribution in [-0.4, -0.2) is 49.7 Å². The number of para-hydroxylation sites is 1. The third-order valence-electron chi connectivity index (χ3n) is 8.71. The van der Waals surface area contributed by atoms with Crippen LogP contribution in [-0.2, 0) is 11.8 Å². The number of carbonyl (C=O) groups excluding carboxylic acids is 2. The van der Waals surface area contributed by atoms with Gasteiger partial charge in [0.25, 0.3) is 5.91 Å². The Morgan fingerprint density at radius 1 is 0.935 bits per heavy atom. The number of rotatable bonds is 6. The molecule has 1 aliphatic heterocycles. The maximum absolute atomic E-state index is 13.4. The number of aryl methyl sites for hydroxylation is 2. The van der Waals surface area contributed by atoms with Crippen molar-refractivity contribution in [3.63, 3.8) is 0 Å². The zero-order valence-corrected chi connectivity index (χ0v) is 27.2. The molecule has 3 amide bonds. The number of hydrogen-bond acceptors (Lipinski definition) is 5. The Balaban J connectivity index is 1.11. The topological polar surface area (TPSA) is 105 Å². The number of aromatic nitrogens is 4. The number of nitrogens with zero attached hydrogens (tertiary/aromatic N) is 5. The standard InChI is InChI=1S/C37H41N7O2/c1-24-10-12-29(13-11-24)44-34(22-33(42-44)37(3,4)5)41-36(46)40-31-9-7-6-8-27(31)20-26-15-18-43(19-16-26)35(45)30-21-28-23-38-17-14-32(28)39-25(30)2/h6-14,17,21-23,26H,15-16,18-20H2,1-5H3,(H2,40,41,46). The van der Waals surface area contributed by atoms with E-state index in [0.29, 0.717) is 30.4 Å². The number of benzene rings is 2.